The molecule has 0 saturated heterocycles. The van der Waals surface area contributed by atoms with Crippen molar-refractivity contribution in [3.63, 3.8) is 0 Å². The zero-order chi connectivity index (χ0) is 15.1. The first-order chi connectivity index (χ1) is 8.77. The van der Waals surface area contributed by atoms with Crippen LogP contribution in [0.4, 0.5) is 0 Å². The van der Waals surface area contributed by atoms with Gasteiger partial charge < -0.3 is 9.84 Å². The van der Waals surface area contributed by atoms with Gasteiger partial charge in [-0.25, -0.2) is 0 Å². The largest absolute Gasteiger partial charge is 0.469 e. The van der Waals surface area contributed by atoms with E-state index in [9.17, 15) is 9.90 Å². The monoisotopic (exact) mass is 270 g/mol. The van der Waals surface area contributed by atoms with Crippen molar-refractivity contribution in [1.82, 2.24) is 0 Å². The highest BCUT2D eigenvalue weighted by atomic mass is 16.5. The molecule has 0 bridgehead atoms. The molecule has 3 nitrogen and oxygen atoms in total. The number of aliphatic hydroxyl groups excluding tert-OH is 1. The van der Waals surface area contributed by atoms with Crippen LogP contribution in [0.2, 0.25) is 0 Å². The van der Waals surface area contributed by atoms with E-state index in [2.05, 4.69) is 26.8 Å². The third-order valence-electron chi connectivity index (χ3n) is 3.96. The van der Waals surface area contributed by atoms with Crippen molar-refractivity contribution in [2.45, 2.75) is 66.4 Å². The summed E-state index contributed by atoms with van der Waals surface area (Å²) in [6, 6.07) is 0. The fourth-order valence-electron chi connectivity index (χ4n) is 2.16. The van der Waals surface area contributed by atoms with Crippen LogP contribution in [-0.4, -0.2) is 24.3 Å². The van der Waals surface area contributed by atoms with Crippen LogP contribution in [0.25, 0.3) is 0 Å². The summed E-state index contributed by atoms with van der Waals surface area (Å²) in [6.07, 6.45) is 4.84. The summed E-state index contributed by atoms with van der Waals surface area (Å²) in [5.41, 5.74) is 0.528. The maximum atomic E-state index is 11.8. The van der Waals surface area contributed by atoms with Gasteiger partial charge in [-0.15, -0.1) is 0 Å². The standard InChI is InChI=1S/C16H30O3/c1-7-16(5,15(18)19-6)14(17)11-13(4)10-8-9-12(2)3/h9,13-14,17H,7-8,10-11H2,1-6H3/t13-,14+,16+/m1/s1. The molecular formula is C16H30O3. The van der Waals surface area contributed by atoms with E-state index >= 15 is 0 Å². The highest BCUT2D eigenvalue weighted by Gasteiger charge is 2.40. The number of esters is 1. The van der Waals surface area contributed by atoms with Gasteiger partial charge >= 0.3 is 5.97 Å². The van der Waals surface area contributed by atoms with Gasteiger partial charge in [0, 0.05) is 0 Å². The van der Waals surface area contributed by atoms with E-state index in [0.29, 0.717) is 18.8 Å². The molecule has 0 aliphatic rings. The molecule has 0 aromatic carbocycles. The van der Waals surface area contributed by atoms with Gasteiger partial charge in [-0.05, 0) is 52.4 Å². The van der Waals surface area contributed by atoms with Gasteiger partial charge in [-0.2, -0.15) is 0 Å². The van der Waals surface area contributed by atoms with Crippen molar-refractivity contribution in [2.24, 2.45) is 11.3 Å². The molecule has 0 saturated carbocycles. The van der Waals surface area contributed by atoms with Crippen molar-refractivity contribution in [3.8, 4) is 0 Å². The minimum Gasteiger partial charge on any atom is -0.469 e. The lowest BCUT2D eigenvalue weighted by Crippen LogP contribution is -2.41. The molecule has 0 fully saturated rings. The van der Waals surface area contributed by atoms with Crippen LogP contribution >= 0.6 is 0 Å². The van der Waals surface area contributed by atoms with Crippen LogP contribution in [0, 0.1) is 11.3 Å². The van der Waals surface area contributed by atoms with Crippen molar-refractivity contribution < 1.29 is 14.6 Å². The highest BCUT2D eigenvalue weighted by Crippen LogP contribution is 2.32. The molecule has 0 spiro atoms. The number of allylic oxidation sites excluding steroid dienone is 2. The summed E-state index contributed by atoms with van der Waals surface area (Å²) < 4.78 is 4.81. The number of ether oxygens (including phenoxy) is 1. The predicted molar refractivity (Wildman–Crippen MR) is 78.9 cm³/mol. The summed E-state index contributed by atoms with van der Waals surface area (Å²) in [5.74, 6) is 0.0696. The first-order valence-corrected chi connectivity index (χ1v) is 7.17. The summed E-state index contributed by atoms with van der Waals surface area (Å²) >= 11 is 0. The smallest absolute Gasteiger partial charge is 0.314 e. The Morgan fingerprint density at radius 1 is 1.42 bits per heavy atom. The second-order valence-electron chi connectivity index (χ2n) is 5.98. The third kappa shape index (κ3) is 5.77. The van der Waals surface area contributed by atoms with Crippen molar-refractivity contribution in [2.75, 3.05) is 7.11 Å². The molecule has 0 heterocycles. The molecule has 0 aromatic rings. The fraction of sp³-hybridized carbons (Fsp3) is 0.812. The number of carbonyl (C=O) groups excluding carboxylic acids is 1. The van der Waals surface area contributed by atoms with Crippen LogP contribution in [0.5, 0.6) is 0 Å². The third-order valence-corrected chi connectivity index (χ3v) is 3.96. The van der Waals surface area contributed by atoms with Crippen molar-refractivity contribution >= 4 is 5.97 Å². The lowest BCUT2D eigenvalue weighted by Gasteiger charge is -2.32. The van der Waals surface area contributed by atoms with Gasteiger partial charge in [0.1, 0.15) is 0 Å². The molecule has 0 unspecified atom stereocenters. The molecule has 0 amide bonds. The van der Waals surface area contributed by atoms with Gasteiger partial charge in [0.05, 0.1) is 18.6 Å². The Balaban J connectivity index is 4.44. The minimum atomic E-state index is -0.792. The average molecular weight is 270 g/mol. The van der Waals surface area contributed by atoms with Crippen LogP contribution in [0.15, 0.2) is 11.6 Å². The molecule has 0 aliphatic carbocycles. The fourth-order valence-corrected chi connectivity index (χ4v) is 2.16. The second-order valence-corrected chi connectivity index (χ2v) is 5.98. The SMILES string of the molecule is CC[C@](C)(C(=O)OC)[C@@H](O)C[C@H](C)CCC=C(C)C. The highest BCUT2D eigenvalue weighted by molar-refractivity contribution is 5.76. The Bertz CT molecular complexity index is 305. The molecule has 3 heteroatoms. The van der Waals surface area contributed by atoms with Gasteiger partial charge in [-0.1, -0.05) is 25.5 Å². The molecule has 0 aliphatic heterocycles. The zero-order valence-electron chi connectivity index (χ0n) is 13.3. The lowest BCUT2D eigenvalue weighted by molar-refractivity contribution is -0.160. The van der Waals surface area contributed by atoms with E-state index in [1.54, 1.807) is 6.92 Å². The molecule has 0 rings (SSSR count). The number of aliphatic hydroxyl groups is 1. The van der Waals surface area contributed by atoms with E-state index in [1.165, 1.54) is 12.7 Å². The predicted octanol–water partition coefficient (Wildman–Crippen LogP) is 3.71. The maximum absolute atomic E-state index is 11.8. The maximum Gasteiger partial charge on any atom is 0.314 e. The van der Waals surface area contributed by atoms with E-state index < -0.39 is 11.5 Å². The Morgan fingerprint density at radius 3 is 2.42 bits per heavy atom. The second kappa shape index (κ2) is 8.36. The molecule has 112 valence electrons. The van der Waals surface area contributed by atoms with Gasteiger partial charge in [0.25, 0.3) is 0 Å². The molecule has 0 aromatic heterocycles. The number of rotatable bonds is 8. The molecule has 0 radical (unpaired) electrons. The Hall–Kier alpha value is -0.830. The van der Waals surface area contributed by atoms with Crippen LogP contribution in [0.3, 0.4) is 0 Å². The van der Waals surface area contributed by atoms with Crippen molar-refractivity contribution in [3.05, 3.63) is 11.6 Å². The van der Waals surface area contributed by atoms with Crippen LogP contribution in [-0.2, 0) is 9.53 Å². The topological polar surface area (TPSA) is 46.5 Å². The zero-order valence-corrected chi connectivity index (χ0v) is 13.3. The number of methoxy groups -OCH3 is 1. The Kier molecular flexibility index (Phi) is 8.00. The molecule has 3 atom stereocenters. The first-order valence-electron chi connectivity index (χ1n) is 7.17. The average Bonchev–Trinajstić information content (AvgIpc) is 2.35. The van der Waals surface area contributed by atoms with Gasteiger partial charge in [0.15, 0.2) is 0 Å². The Labute approximate surface area is 118 Å². The summed E-state index contributed by atoms with van der Waals surface area (Å²) in [5, 5.41) is 10.3. The number of hydrogen-bond donors (Lipinski definition) is 1. The minimum absolute atomic E-state index is 0.320. The molecular weight excluding hydrogens is 240 g/mol. The first kappa shape index (κ1) is 18.2. The van der Waals surface area contributed by atoms with Gasteiger partial charge in [0.2, 0.25) is 0 Å². The van der Waals surface area contributed by atoms with E-state index in [0.717, 1.165) is 12.8 Å². The van der Waals surface area contributed by atoms with E-state index in [4.69, 9.17) is 4.74 Å². The molecule has 1 N–H and O–H groups in total. The van der Waals surface area contributed by atoms with E-state index in [-0.39, 0.29) is 5.97 Å². The normalized spacial score (nSPS) is 17.2. The van der Waals surface area contributed by atoms with Crippen LogP contribution in [0.1, 0.15) is 60.3 Å². The number of carbonyl (C=O) groups is 1. The van der Waals surface area contributed by atoms with Crippen molar-refractivity contribution in [1.29, 1.82) is 0 Å². The van der Waals surface area contributed by atoms with Gasteiger partial charge in [-0.3, -0.25) is 4.79 Å². The van der Waals surface area contributed by atoms with Crippen LogP contribution < -0.4 is 0 Å². The Morgan fingerprint density at radius 2 is 2.00 bits per heavy atom. The summed E-state index contributed by atoms with van der Waals surface area (Å²) in [6.45, 7) is 9.99. The molecule has 19 heavy (non-hydrogen) atoms. The number of hydrogen-bond acceptors (Lipinski definition) is 3. The lowest BCUT2D eigenvalue weighted by atomic mass is 9.77. The summed E-state index contributed by atoms with van der Waals surface area (Å²) in [4.78, 5) is 11.8. The quantitative estimate of drug-likeness (QED) is 0.540. The van der Waals surface area contributed by atoms with E-state index in [1.807, 2.05) is 6.92 Å². The summed E-state index contributed by atoms with van der Waals surface area (Å²) in [7, 11) is 1.38.